The van der Waals surface area contributed by atoms with Gasteiger partial charge in [-0.05, 0) is 53.1 Å². The van der Waals surface area contributed by atoms with E-state index in [0.717, 1.165) is 77.8 Å². The summed E-state index contributed by atoms with van der Waals surface area (Å²) >= 11 is 0. The van der Waals surface area contributed by atoms with Crippen LogP contribution in [-0.4, -0.2) is 19.5 Å². The van der Waals surface area contributed by atoms with E-state index >= 15 is 0 Å². The molecule has 0 fully saturated rings. The molecule has 3 heterocycles. The van der Waals surface area contributed by atoms with Gasteiger partial charge in [0.25, 0.3) is 0 Å². The number of hydrogen-bond donors (Lipinski definition) is 0. The number of pyridine rings is 1. The van der Waals surface area contributed by atoms with Gasteiger partial charge in [0.15, 0.2) is 5.69 Å². The van der Waals surface area contributed by atoms with E-state index in [-0.39, 0.29) is 0 Å². The second kappa shape index (κ2) is 13.1. The minimum atomic E-state index is 0.497. The van der Waals surface area contributed by atoms with Crippen molar-refractivity contribution in [3.8, 4) is 50.6 Å². The maximum Gasteiger partial charge on any atom is 0.199 e. The van der Waals surface area contributed by atoms with Crippen molar-refractivity contribution < 1.29 is 0 Å². The summed E-state index contributed by atoms with van der Waals surface area (Å²) in [5.74, 6) is 0. The van der Waals surface area contributed by atoms with Crippen LogP contribution in [-0.2, 0) is 0 Å². The van der Waals surface area contributed by atoms with Crippen molar-refractivity contribution in [2.45, 2.75) is 0 Å². The summed E-state index contributed by atoms with van der Waals surface area (Å²) in [7, 11) is 0. The summed E-state index contributed by atoms with van der Waals surface area (Å²) in [6.45, 7) is 8.41. The molecule has 0 amide bonds. The van der Waals surface area contributed by atoms with Crippen molar-refractivity contribution in [1.82, 2.24) is 19.5 Å². The van der Waals surface area contributed by atoms with Crippen molar-refractivity contribution in [1.29, 1.82) is 0 Å². The molecule has 11 rings (SSSR count). The monoisotopic (exact) mass is 725 g/mol. The first kappa shape index (κ1) is 32.5. The number of rotatable bonds is 5. The van der Waals surface area contributed by atoms with Crippen molar-refractivity contribution >= 4 is 60.2 Å². The van der Waals surface area contributed by atoms with E-state index in [9.17, 15) is 0 Å². The standard InChI is InChI=1S/C52H31N5/c1-53-43-32-44-52(56-51(36-16-6-3-7-17-36)50(55-44)35-14-4-2-5-15-35)47-41-20-8-11-21-42(41)54-49(48(43)47)37-26-24-33(25-27-37)34-28-30-38(31-29-34)57-45-22-12-9-18-39(45)40-19-10-13-23-46(40)57/h2-32H. The molecule has 0 unspecified atom stereocenters. The number of fused-ring (bicyclic) bond motifs is 8. The highest BCUT2D eigenvalue weighted by atomic mass is 15.0. The van der Waals surface area contributed by atoms with Gasteiger partial charge in [-0.15, -0.1) is 0 Å². The van der Waals surface area contributed by atoms with Gasteiger partial charge in [0, 0.05) is 43.7 Å². The fourth-order valence-corrected chi connectivity index (χ4v) is 8.36. The minimum Gasteiger partial charge on any atom is -0.309 e. The summed E-state index contributed by atoms with van der Waals surface area (Å²) in [6.07, 6.45) is 0. The molecular weight excluding hydrogens is 695 g/mol. The predicted octanol–water partition coefficient (Wildman–Crippen LogP) is 13.6. The maximum absolute atomic E-state index is 8.41. The molecule has 5 nitrogen and oxygen atoms in total. The van der Waals surface area contributed by atoms with Gasteiger partial charge < -0.3 is 4.57 Å². The normalized spacial score (nSPS) is 11.5. The molecule has 0 N–H and O–H groups in total. The van der Waals surface area contributed by atoms with Gasteiger partial charge in [-0.1, -0.05) is 152 Å². The molecule has 0 aliphatic carbocycles. The molecule has 57 heavy (non-hydrogen) atoms. The third-order valence-corrected chi connectivity index (χ3v) is 11.0. The lowest BCUT2D eigenvalue weighted by molar-refractivity contribution is 1.18. The van der Waals surface area contributed by atoms with Crippen LogP contribution in [0.25, 0.3) is 110 Å². The second-order valence-electron chi connectivity index (χ2n) is 14.2. The highest BCUT2D eigenvalue weighted by molar-refractivity contribution is 6.25. The topological polar surface area (TPSA) is 48.0 Å². The third kappa shape index (κ3) is 5.27. The van der Waals surface area contributed by atoms with Gasteiger partial charge in [0.05, 0.1) is 51.2 Å². The molecule has 0 saturated carbocycles. The van der Waals surface area contributed by atoms with Crippen molar-refractivity contribution in [2.24, 2.45) is 0 Å². The molecule has 5 heteroatoms. The Morgan fingerprint density at radius 3 is 1.47 bits per heavy atom. The highest BCUT2D eigenvalue weighted by Gasteiger charge is 2.21. The number of nitrogens with zero attached hydrogens (tertiary/aromatic N) is 5. The molecule has 0 radical (unpaired) electrons. The van der Waals surface area contributed by atoms with Gasteiger partial charge in [-0.2, -0.15) is 0 Å². The SMILES string of the molecule is [C-]#[N+]c1cc2nc(-c3ccccc3)c(-c3ccccc3)nc2c2c1c(-c1ccc(-c3ccc(-n4c5ccccc5c5ccccc54)cc3)cc1)nc1ccccc12. The Labute approximate surface area is 328 Å². The van der Waals surface area contributed by atoms with E-state index in [1.165, 1.54) is 21.8 Å². The Morgan fingerprint density at radius 1 is 0.386 bits per heavy atom. The summed E-state index contributed by atoms with van der Waals surface area (Å²) in [5.41, 5.74) is 13.7. The van der Waals surface area contributed by atoms with Crippen LogP contribution in [0.2, 0.25) is 0 Å². The molecule has 3 aromatic heterocycles. The van der Waals surface area contributed by atoms with E-state index in [2.05, 4.69) is 137 Å². The zero-order chi connectivity index (χ0) is 37.9. The minimum absolute atomic E-state index is 0.497. The molecule has 0 aliphatic heterocycles. The van der Waals surface area contributed by atoms with Crippen LogP contribution < -0.4 is 0 Å². The summed E-state index contributed by atoms with van der Waals surface area (Å²) < 4.78 is 2.34. The lowest BCUT2D eigenvalue weighted by Gasteiger charge is -2.16. The predicted molar refractivity (Wildman–Crippen MR) is 235 cm³/mol. The van der Waals surface area contributed by atoms with Crippen molar-refractivity contribution in [2.75, 3.05) is 0 Å². The molecule has 0 atom stereocenters. The molecule has 0 bridgehead atoms. The van der Waals surface area contributed by atoms with Crippen LogP contribution in [0.5, 0.6) is 0 Å². The quantitative estimate of drug-likeness (QED) is 0.131. The van der Waals surface area contributed by atoms with Crippen LogP contribution in [0.3, 0.4) is 0 Å². The van der Waals surface area contributed by atoms with Crippen LogP contribution >= 0.6 is 0 Å². The Bertz CT molecular complexity index is 3330. The first-order chi connectivity index (χ1) is 28.2. The molecule has 8 aromatic carbocycles. The first-order valence-electron chi connectivity index (χ1n) is 19.0. The number of benzene rings is 8. The number of aromatic nitrogens is 4. The summed E-state index contributed by atoms with van der Waals surface area (Å²) in [6, 6.07) is 64.8. The van der Waals surface area contributed by atoms with E-state index in [4.69, 9.17) is 21.5 Å². The van der Waals surface area contributed by atoms with E-state index in [1.54, 1.807) is 0 Å². The van der Waals surface area contributed by atoms with Gasteiger partial charge in [-0.25, -0.2) is 19.8 Å². The maximum atomic E-state index is 8.41. The third-order valence-electron chi connectivity index (χ3n) is 11.0. The van der Waals surface area contributed by atoms with Crippen molar-refractivity contribution in [3.63, 3.8) is 0 Å². The lowest BCUT2D eigenvalue weighted by atomic mass is 9.95. The summed E-state index contributed by atoms with van der Waals surface area (Å²) in [5, 5.41) is 5.09. The second-order valence-corrected chi connectivity index (χ2v) is 14.2. The van der Waals surface area contributed by atoms with Gasteiger partial charge >= 0.3 is 0 Å². The van der Waals surface area contributed by atoms with Gasteiger partial charge in [0.1, 0.15) is 0 Å². The molecule has 264 valence electrons. The van der Waals surface area contributed by atoms with Crippen LogP contribution in [0.4, 0.5) is 5.69 Å². The van der Waals surface area contributed by atoms with E-state index in [1.807, 2.05) is 60.7 Å². The van der Waals surface area contributed by atoms with Crippen LogP contribution in [0.15, 0.2) is 188 Å². The molecule has 0 saturated heterocycles. The molecule has 0 aliphatic rings. The van der Waals surface area contributed by atoms with Crippen molar-refractivity contribution in [3.05, 3.63) is 199 Å². The Balaban J connectivity index is 1.06. The van der Waals surface area contributed by atoms with E-state index in [0.29, 0.717) is 11.2 Å². The van der Waals surface area contributed by atoms with Crippen LogP contribution in [0, 0.1) is 6.57 Å². The average Bonchev–Trinajstić information content (AvgIpc) is 3.63. The first-order valence-corrected chi connectivity index (χ1v) is 19.0. The smallest absolute Gasteiger partial charge is 0.199 e. The number of para-hydroxylation sites is 3. The zero-order valence-corrected chi connectivity index (χ0v) is 30.6. The lowest BCUT2D eigenvalue weighted by Crippen LogP contribution is -1.98. The zero-order valence-electron chi connectivity index (χ0n) is 30.6. The van der Waals surface area contributed by atoms with Crippen LogP contribution in [0.1, 0.15) is 0 Å². The Kier molecular flexibility index (Phi) is 7.48. The highest BCUT2D eigenvalue weighted by Crippen LogP contribution is 2.44. The van der Waals surface area contributed by atoms with Gasteiger partial charge in [-0.3, -0.25) is 0 Å². The fraction of sp³-hybridized carbons (Fsp3) is 0. The average molecular weight is 726 g/mol. The largest absolute Gasteiger partial charge is 0.309 e. The van der Waals surface area contributed by atoms with Gasteiger partial charge in [0.2, 0.25) is 0 Å². The summed E-state index contributed by atoms with van der Waals surface area (Å²) in [4.78, 5) is 20.0. The molecular formula is C52H31N5. The fourth-order valence-electron chi connectivity index (χ4n) is 8.36. The molecule has 0 spiro atoms. The number of hydrogen-bond acceptors (Lipinski definition) is 3. The Morgan fingerprint density at radius 2 is 0.860 bits per heavy atom. The Hall–Kier alpha value is -7.94. The molecule has 11 aromatic rings. The van der Waals surface area contributed by atoms with E-state index < -0.39 is 0 Å².